The van der Waals surface area contributed by atoms with Crippen LogP contribution in [0.15, 0.2) is 60.7 Å². The van der Waals surface area contributed by atoms with Crippen molar-refractivity contribution in [2.24, 2.45) is 0 Å². The molecule has 0 aliphatic rings. The van der Waals surface area contributed by atoms with Crippen LogP contribution < -0.4 is 5.32 Å². The van der Waals surface area contributed by atoms with Crippen LogP contribution in [0.4, 0.5) is 5.69 Å². The highest BCUT2D eigenvalue weighted by Gasteiger charge is 2.12. The van der Waals surface area contributed by atoms with Crippen molar-refractivity contribution in [1.29, 1.82) is 0 Å². The van der Waals surface area contributed by atoms with Gasteiger partial charge < -0.3 is 15.2 Å². The molecular weight excluding hydrogens is 350 g/mol. The lowest BCUT2D eigenvalue weighted by Crippen LogP contribution is -2.14. The molecular formula is C20H17NO6. The first-order valence-corrected chi connectivity index (χ1v) is 7.94. The number of aliphatic carboxylic acids is 1. The molecule has 0 atom stereocenters. The number of carboxylic acids is 1. The van der Waals surface area contributed by atoms with E-state index in [0.717, 1.165) is 11.6 Å². The number of carboxylic acid groups (broad SMARTS) is 1. The van der Waals surface area contributed by atoms with Crippen LogP contribution in [0.1, 0.15) is 26.3 Å². The van der Waals surface area contributed by atoms with Gasteiger partial charge in [0.05, 0.1) is 5.56 Å². The summed E-state index contributed by atoms with van der Waals surface area (Å²) in [5.41, 5.74) is 2.07. The van der Waals surface area contributed by atoms with Crippen LogP contribution in [-0.2, 0) is 14.3 Å². The molecule has 0 saturated heterocycles. The van der Waals surface area contributed by atoms with Gasteiger partial charge in [0.2, 0.25) is 5.91 Å². The second-order valence-corrected chi connectivity index (χ2v) is 5.60. The summed E-state index contributed by atoms with van der Waals surface area (Å²) in [5, 5.41) is 10.9. The molecule has 2 aromatic carbocycles. The predicted octanol–water partition coefficient (Wildman–Crippen LogP) is 2.61. The zero-order valence-electron chi connectivity index (χ0n) is 14.5. The largest absolute Gasteiger partial charge is 0.478 e. The minimum absolute atomic E-state index is 0.214. The van der Waals surface area contributed by atoms with Gasteiger partial charge in [-0.15, -0.1) is 0 Å². The second-order valence-electron chi connectivity index (χ2n) is 5.60. The number of hydrogen-bond acceptors (Lipinski definition) is 5. The van der Waals surface area contributed by atoms with Gasteiger partial charge in [0.25, 0.3) is 0 Å². The highest BCUT2D eigenvalue weighted by molar-refractivity contribution is 6.02. The average molecular weight is 367 g/mol. The lowest BCUT2D eigenvalue weighted by atomic mass is 10.1. The first-order chi connectivity index (χ1) is 12.8. The van der Waals surface area contributed by atoms with Crippen molar-refractivity contribution in [1.82, 2.24) is 0 Å². The van der Waals surface area contributed by atoms with Crippen molar-refractivity contribution in [3.8, 4) is 0 Å². The summed E-state index contributed by atoms with van der Waals surface area (Å²) in [6.07, 6.45) is 1.59. The van der Waals surface area contributed by atoms with Crippen LogP contribution in [0.5, 0.6) is 0 Å². The van der Waals surface area contributed by atoms with E-state index < -0.39 is 17.8 Å². The summed E-state index contributed by atoms with van der Waals surface area (Å²) in [7, 11) is 0. The minimum atomic E-state index is -1.23. The molecule has 0 spiro atoms. The Kier molecular flexibility index (Phi) is 6.60. The van der Waals surface area contributed by atoms with Gasteiger partial charge in [-0.25, -0.2) is 9.59 Å². The van der Waals surface area contributed by atoms with Crippen LogP contribution in [-0.4, -0.2) is 35.3 Å². The van der Waals surface area contributed by atoms with Gasteiger partial charge in [-0.1, -0.05) is 29.8 Å². The number of nitrogens with one attached hydrogen (secondary N) is 1. The number of hydrogen-bond donors (Lipinski definition) is 2. The predicted molar refractivity (Wildman–Crippen MR) is 97.6 cm³/mol. The van der Waals surface area contributed by atoms with E-state index in [1.54, 1.807) is 24.3 Å². The molecule has 2 aromatic rings. The Hall–Kier alpha value is -3.74. The summed E-state index contributed by atoms with van der Waals surface area (Å²) >= 11 is 0. The highest BCUT2D eigenvalue weighted by atomic mass is 16.5. The van der Waals surface area contributed by atoms with Crippen LogP contribution in [0, 0.1) is 6.92 Å². The fourth-order valence-corrected chi connectivity index (χ4v) is 2.06. The maximum Gasteiger partial charge on any atom is 0.338 e. The van der Waals surface area contributed by atoms with Crippen LogP contribution in [0.2, 0.25) is 0 Å². The third-order valence-electron chi connectivity index (χ3n) is 3.47. The normalized spacial score (nSPS) is 10.4. The lowest BCUT2D eigenvalue weighted by molar-refractivity contribution is -0.131. The van der Waals surface area contributed by atoms with E-state index in [0.29, 0.717) is 17.3 Å². The van der Waals surface area contributed by atoms with Crippen molar-refractivity contribution in [3.05, 3.63) is 77.4 Å². The van der Waals surface area contributed by atoms with Crippen molar-refractivity contribution in [2.75, 3.05) is 11.9 Å². The molecule has 0 unspecified atom stereocenters. The van der Waals surface area contributed by atoms with Gasteiger partial charge in [-0.3, -0.25) is 9.59 Å². The maximum absolute atomic E-state index is 12.0. The average Bonchev–Trinajstić information content (AvgIpc) is 2.65. The summed E-state index contributed by atoms with van der Waals surface area (Å²) in [6.45, 7) is 1.53. The summed E-state index contributed by atoms with van der Waals surface area (Å²) in [5.74, 6) is -2.82. The number of rotatable bonds is 7. The number of ether oxygens (including phenoxy) is 1. The van der Waals surface area contributed by atoms with Crippen molar-refractivity contribution in [3.63, 3.8) is 0 Å². The van der Waals surface area contributed by atoms with Gasteiger partial charge in [0.1, 0.15) is 0 Å². The smallest absolute Gasteiger partial charge is 0.338 e. The van der Waals surface area contributed by atoms with E-state index in [1.165, 1.54) is 24.3 Å². The van der Waals surface area contributed by atoms with Gasteiger partial charge in [0.15, 0.2) is 12.4 Å². The van der Waals surface area contributed by atoms with Gasteiger partial charge in [0, 0.05) is 23.4 Å². The molecule has 0 saturated carbocycles. The zero-order valence-corrected chi connectivity index (χ0v) is 14.5. The number of Topliss-reactive ketones (excluding diaryl/α,β-unsaturated/α-hetero) is 1. The molecule has 0 fully saturated rings. The summed E-state index contributed by atoms with van der Waals surface area (Å²) < 4.78 is 5.01. The van der Waals surface area contributed by atoms with Gasteiger partial charge in [-0.2, -0.15) is 0 Å². The third-order valence-corrected chi connectivity index (χ3v) is 3.47. The molecule has 0 heterocycles. The number of benzene rings is 2. The van der Waals surface area contributed by atoms with Gasteiger partial charge >= 0.3 is 11.9 Å². The minimum Gasteiger partial charge on any atom is -0.478 e. The van der Waals surface area contributed by atoms with Crippen molar-refractivity contribution < 1.29 is 29.0 Å². The van der Waals surface area contributed by atoms with E-state index in [4.69, 9.17) is 9.84 Å². The maximum atomic E-state index is 12.0. The van der Waals surface area contributed by atoms with E-state index in [1.807, 2.05) is 6.92 Å². The molecule has 2 N–H and O–H groups in total. The standard InChI is InChI=1S/C20H17NO6/c1-13-2-4-14(5-3-13)17(22)12-27-20(26)15-6-8-16(9-7-15)21-18(23)10-11-19(24)25/h2-11H,12H2,1H3,(H,21,23)(H,24,25)/b11-10+. The van der Waals surface area contributed by atoms with Crippen molar-refractivity contribution in [2.45, 2.75) is 6.92 Å². The Morgan fingerprint density at radius 1 is 0.926 bits per heavy atom. The Morgan fingerprint density at radius 2 is 1.52 bits per heavy atom. The summed E-state index contributed by atoms with van der Waals surface area (Å²) in [6, 6.07) is 12.7. The van der Waals surface area contributed by atoms with E-state index >= 15 is 0 Å². The Bertz CT molecular complexity index is 882. The quantitative estimate of drug-likeness (QED) is 0.442. The second kappa shape index (κ2) is 9.10. The van der Waals surface area contributed by atoms with Crippen LogP contribution in [0.3, 0.4) is 0 Å². The molecule has 0 aromatic heterocycles. The number of esters is 1. The molecule has 0 aliphatic carbocycles. The molecule has 2 rings (SSSR count). The third kappa shape index (κ3) is 6.24. The monoisotopic (exact) mass is 367 g/mol. The zero-order chi connectivity index (χ0) is 19.8. The summed E-state index contributed by atoms with van der Waals surface area (Å²) in [4.78, 5) is 45.8. The first kappa shape index (κ1) is 19.6. The number of amides is 1. The van der Waals surface area contributed by atoms with E-state index in [2.05, 4.69) is 5.32 Å². The first-order valence-electron chi connectivity index (χ1n) is 7.94. The molecule has 0 bridgehead atoms. The number of aryl methyl sites for hydroxylation is 1. The van der Waals surface area contributed by atoms with E-state index in [-0.39, 0.29) is 18.0 Å². The number of ketones is 1. The Balaban J connectivity index is 1.89. The Morgan fingerprint density at radius 3 is 2.11 bits per heavy atom. The molecule has 138 valence electrons. The molecule has 7 heteroatoms. The molecule has 1 amide bonds. The van der Waals surface area contributed by atoms with Crippen molar-refractivity contribution >= 4 is 29.3 Å². The highest BCUT2D eigenvalue weighted by Crippen LogP contribution is 2.11. The molecule has 0 aliphatic heterocycles. The molecule has 7 nitrogen and oxygen atoms in total. The molecule has 0 radical (unpaired) electrons. The number of carbonyl (C=O) groups excluding carboxylic acids is 3. The Labute approximate surface area is 155 Å². The van der Waals surface area contributed by atoms with Crippen LogP contribution >= 0.6 is 0 Å². The topological polar surface area (TPSA) is 110 Å². The fourth-order valence-electron chi connectivity index (χ4n) is 2.06. The number of carbonyl (C=O) groups is 4. The SMILES string of the molecule is Cc1ccc(C(=O)COC(=O)c2ccc(NC(=O)/C=C/C(=O)O)cc2)cc1. The fraction of sp³-hybridized carbons (Fsp3) is 0.100. The van der Waals surface area contributed by atoms with E-state index in [9.17, 15) is 19.2 Å². The van der Waals surface area contributed by atoms with Crippen LogP contribution in [0.25, 0.3) is 0 Å². The number of anilines is 1. The lowest BCUT2D eigenvalue weighted by Gasteiger charge is -2.06. The van der Waals surface area contributed by atoms with Gasteiger partial charge in [-0.05, 0) is 31.2 Å². The molecule has 27 heavy (non-hydrogen) atoms.